The first-order chi connectivity index (χ1) is 13.4. The zero-order chi connectivity index (χ0) is 19.7. The normalized spacial score (nSPS) is 18.3. The van der Waals surface area contributed by atoms with Crippen LogP contribution in [0.4, 0.5) is 0 Å². The Morgan fingerprint density at radius 3 is 2.46 bits per heavy atom. The summed E-state index contributed by atoms with van der Waals surface area (Å²) in [7, 11) is -3.46. The van der Waals surface area contributed by atoms with Crippen molar-refractivity contribution in [3.63, 3.8) is 0 Å². The minimum absolute atomic E-state index is 0.0708. The van der Waals surface area contributed by atoms with Crippen LogP contribution in [-0.2, 0) is 14.8 Å². The summed E-state index contributed by atoms with van der Waals surface area (Å²) < 4.78 is 32.6. The number of hydrogen-bond donors (Lipinski definition) is 1. The van der Waals surface area contributed by atoms with Crippen LogP contribution in [0.2, 0.25) is 0 Å². The first kappa shape index (κ1) is 19.0. The third-order valence-corrected chi connectivity index (χ3v) is 6.61. The molecule has 2 saturated carbocycles. The third-order valence-electron chi connectivity index (χ3n) is 5.07. The summed E-state index contributed by atoms with van der Waals surface area (Å²) in [5.41, 5.74) is 0.778. The van der Waals surface area contributed by atoms with Crippen LogP contribution in [0.5, 0.6) is 0 Å². The lowest BCUT2D eigenvalue weighted by molar-refractivity contribution is -0.129. The van der Waals surface area contributed by atoms with E-state index in [0.29, 0.717) is 0 Å². The predicted molar refractivity (Wildman–Crippen MR) is 106 cm³/mol. The van der Waals surface area contributed by atoms with Crippen molar-refractivity contribution in [3.8, 4) is 0 Å². The van der Waals surface area contributed by atoms with E-state index in [1.807, 2.05) is 24.0 Å². The monoisotopic (exact) mass is 400 g/mol. The van der Waals surface area contributed by atoms with Gasteiger partial charge in [-0.05, 0) is 68.5 Å². The zero-order valence-corrected chi connectivity index (χ0v) is 16.6. The lowest BCUT2D eigenvalue weighted by atomic mass is 10.2. The van der Waals surface area contributed by atoms with Gasteiger partial charge in [0.05, 0.1) is 17.2 Å². The van der Waals surface area contributed by atoms with Crippen molar-refractivity contribution in [2.24, 2.45) is 0 Å². The Labute approximate surface area is 165 Å². The minimum Gasteiger partial charge on any atom is -0.467 e. The molecule has 1 N–H and O–H groups in total. The van der Waals surface area contributed by atoms with Gasteiger partial charge in [-0.15, -0.1) is 0 Å². The number of hydrogen-bond acceptors (Lipinski definition) is 4. The van der Waals surface area contributed by atoms with Crippen LogP contribution >= 0.6 is 0 Å². The second-order valence-electron chi connectivity index (χ2n) is 7.47. The van der Waals surface area contributed by atoms with Crippen molar-refractivity contribution in [3.05, 3.63) is 60.1 Å². The molecule has 0 saturated heterocycles. The Kier molecular flexibility index (Phi) is 5.12. The SMILES string of the molecule is CC(c1ccco1)N(C(=O)/C=C/c1ccc(S(=O)(=O)NC2CC2)cc1)C1CC1. The highest BCUT2D eigenvalue weighted by Gasteiger charge is 2.36. The molecule has 1 unspecified atom stereocenters. The van der Waals surface area contributed by atoms with Crippen LogP contribution in [0.25, 0.3) is 6.08 Å². The van der Waals surface area contributed by atoms with E-state index in [-0.39, 0.29) is 28.9 Å². The molecule has 0 radical (unpaired) electrons. The van der Waals surface area contributed by atoms with Crippen LogP contribution in [0.15, 0.2) is 58.1 Å². The Morgan fingerprint density at radius 2 is 1.89 bits per heavy atom. The van der Waals surface area contributed by atoms with E-state index in [1.165, 1.54) is 0 Å². The molecule has 28 heavy (non-hydrogen) atoms. The molecule has 4 rings (SSSR count). The van der Waals surface area contributed by atoms with Gasteiger partial charge in [-0.2, -0.15) is 0 Å². The fourth-order valence-corrected chi connectivity index (χ4v) is 4.51. The van der Waals surface area contributed by atoms with E-state index in [1.54, 1.807) is 42.7 Å². The molecule has 1 amide bonds. The Morgan fingerprint density at radius 1 is 1.18 bits per heavy atom. The summed E-state index contributed by atoms with van der Waals surface area (Å²) in [5.74, 6) is 0.699. The molecule has 148 valence electrons. The number of nitrogens with one attached hydrogen (secondary N) is 1. The lowest BCUT2D eigenvalue weighted by Gasteiger charge is -2.26. The summed E-state index contributed by atoms with van der Waals surface area (Å²) in [6.07, 6.45) is 8.69. The van der Waals surface area contributed by atoms with Crippen molar-refractivity contribution >= 4 is 22.0 Å². The molecule has 6 nitrogen and oxygen atoms in total. The van der Waals surface area contributed by atoms with Gasteiger partial charge < -0.3 is 9.32 Å². The van der Waals surface area contributed by atoms with Crippen LogP contribution in [0, 0.1) is 0 Å². The van der Waals surface area contributed by atoms with Gasteiger partial charge in [0.1, 0.15) is 5.76 Å². The molecule has 2 aliphatic rings. The quantitative estimate of drug-likeness (QED) is 0.688. The lowest BCUT2D eigenvalue weighted by Crippen LogP contribution is -2.34. The van der Waals surface area contributed by atoms with Crippen molar-refractivity contribution < 1.29 is 17.6 Å². The first-order valence-electron chi connectivity index (χ1n) is 9.60. The van der Waals surface area contributed by atoms with Gasteiger partial charge in [-0.25, -0.2) is 13.1 Å². The Balaban J connectivity index is 1.44. The summed E-state index contributed by atoms with van der Waals surface area (Å²) in [6.45, 7) is 1.97. The van der Waals surface area contributed by atoms with E-state index < -0.39 is 10.0 Å². The summed E-state index contributed by atoms with van der Waals surface area (Å²) in [6, 6.07) is 10.5. The van der Waals surface area contributed by atoms with Gasteiger partial charge in [-0.3, -0.25) is 4.79 Å². The number of amides is 1. The largest absolute Gasteiger partial charge is 0.467 e. The van der Waals surface area contributed by atoms with E-state index in [0.717, 1.165) is 37.0 Å². The molecule has 2 fully saturated rings. The summed E-state index contributed by atoms with van der Waals surface area (Å²) in [5, 5.41) is 0. The van der Waals surface area contributed by atoms with E-state index in [2.05, 4.69) is 4.72 Å². The van der Waals surface area contributed by atoms with Gasteiger partial charge in [-0.1, -0.05) is 12.1 Å². The maximum atomic E-state index is 12.8. The number of sulfonamides is 1. The second kappa shape index (κ2) is 7.56. The van der Waals surface area contributed by atoms with Gasteiger partial charge in [0, 0.05) is 18.2 Å². The smallest absolute Gasteiger partial charge is 0.247 e. The maximum Gasteiger partial charge on any atom is 0.247 e. The highest BCUT2D eigenvalue weighted by Crippen LogP contribution is 2.34. The number of rotatable bonds is 8. The van der Waals surface area contributed by atoms with Gasteiger partial charge in [0.25, 0.3) is 0 Å². The Hall–Kier alpha value is -2.38. The van der Waals surface area contributed by atoms with Crippen molar-refractivity contribution in [2.75, 3.05) is 0 Å². The van der Waals surface area contributed by atoms with Crippen molar-refractivity contribution in [2.45, 2.75) is 55.6 Å². The highest BCUT2D eigenvalue weighted by molar-refractivity contribution is 7.89. The number of nitrogens with zero attached hydrogens (tertiary/aromatic N) is 1. The predicted octanol–water partition coefficient (Wildman–Crippen LogP) is 3.49. The van der Waals surface area contributed by atoms with E-state index in [9.17, 15) is 13.2 Å². The van der Waals surface area contributed by atoms with E-state index >= 15 is 0 Å². The summed E-state index contributed by atoms with van der Waals surface area (Å²) >= 11 is 0. The van der Waals surface area contributed by atoms with Crippen LogP contribution in [0.3, 0.4) is 0 Å². The minimum atomic E-state index is -3.46. The second-order valence-corrected chi connectivity index (χ2v) is 9.18. The molecule has 1 heterocycles. The molecule has 1 aromatic heterocycles. The average Bonchev–Trinajstić information content (AvgIpc) is 3.61. The number of carbonyl (C=O) groups excluding carboxylic acids is 1. The number of benzene rings is 1. The molecule has 2 aliphatic carbocycles. The van der Waals surface area contributed by atoms with Gasteiger partial charge in [0.15, 0.2) is 0 Å². The standard InChI is InChI=1S/C21H24N2O4S/c1-15(20-3-2-14-27-20)23(18-9-10-18)21(24)13-6-16-4-11-19(12-5-16)28(25,26)22-17-7-8-17/h2-6,11-15,17-18,22H,7-10H2,1H3/b13-6+. The molecular weight excluding hydrogens is 376 g/mol. The van der Waals surface area contributed by atoms with E-state index in [4.69, 9.17) is 4.42 Å². The topological polar surface area (TPSA) is 79.6 Å². The zero-order valence-electron chi connectivity index (χ0n) is 15.7. The van der Waals surface area contributed by atoms with Crippen molar-refractivity contribution in [1.82, 2.24) is 9.62 Å². The third kappa shape index (κ3) is 4.36. The number of furan rings is 1. The van der Waals surface area contributed by atoms with Crippen molar-refractivity contribution in [1.29, 1.82) is 0 Å². The maximum absolute atomic E-state index is 12.8. The van der Waals surface area contributed by atoms with Gasteiger partial charge >= 0.3 is 0 Å². The van der Waals surface area contributed by atoms with Crippen LogP contribution in [0.1, 0.15) is 50.0 Å². The molecule has 0 bridgehead atoms. The molecule has 7 heteroatoms. The molecular formula is C21H24N2O4S. The number of carbonyl (C=O) groups is 1. The first-order valence-corrected chi connectivity index (χ1v) is 11.1. The van der Waals surface area contributed by atoms with Gasteiger partial charge in [0.2, 0.25) is 15.9 Å². The summed E-state index contributed by atoms with van der Waals surface area (Å²) in [4.78, 5) is 14.9. The fourth-order valence-electron chi connectivity index (χ4n) is 3.21. The molecule has 0 aliphatic heterocycles. The van der Waals surface area contributed by atoms with Crippen LogP contribution < -0.4 is 4.72 Å². The molecule has 1 atom stereocenters. The fraction of sp³-hybridized carbons (Fsp3) is 0.381. The molecule has 1 aromatic carbocycles. The molecule has 0 spiro atoms. The average molecular weight is 401 g/mol. The van der Waals surface area contributed by atoms with Crippen LogP contribution in [-0.4, -0.2) is 31.3 Å². The molecule has 2 aromatic rings. The Bertz CT molecular complexity index is 956. The highest BCUT2D eigenvalue weighted by atomic mass is 32.2.